The van der Waals surface area contributed by atoms with Crippen LogP contribution in [0.2, 0.25) is 5.02 Å². The molecule has 0 aliphatic carbocycles. The number of thiocarbonyl (C=S) groups is 1. The first-order valence-electron chi connectivity index (χ1n) is 5.40. The molecular formula is C13H11ClN2OS. The third-order valence-corrected chi connectivity index (χ3v) is 3.16. The van der Waals surface area contributed by atoms with Crippen molar-refractivity contribution in [2.45, 2.75) is 6.92 Å². The fourth-order valence-electron chi connectivity index (χ4n) is 1.57. The average Bonchev–Trinajstić information content (AvgIpc) is 2.62. The molecule has 1 aromatic rings. The molecule has 1 fully saturated rings. The summed E-state index contributed by atoms with van der Waals surface area (Å²) in [5, 5.41) is 3.67. The maximum atomic E-state index is 11.1. The molecule has 0 aromatic heterocycles. The number of amides is 1. The quantitative estimate of drug-likeness (QED) is 0.627. The Hall–Kier alpha value is -1.57. The van der Waals surface area contributed by atoms with E-state index in [1.165, 1.54) is 0 Å². The minimum absolute atomic E-state index is 0.0827. The van der Waals surface area contributed by atoms with Crippen molar-refractivity contribution in [1.29, 1.82) is 0 Å². The molecule has 0 radical (unpaired) electrons. The molecule has 0 atom stereocenters. The summed E-state index contributed by atoms with van der Waals surface area (Å²) in [6.07, 6.45) is 0. The maximum Gasteiger partial charge on any atom is 0.245 e. The Bertz CT molecular complexity index is 574. The van der Waals surface area contributed by atoms with Crippen molar-refractivity contribution in [3.8, 4) is 11.8 Å². The average molecular weight is 279 g/mol. The maximum absolute atomic E-state index is 11.1. The first-order valence-corrected chi connectivity index (χ1v) is 6.18. The van der Waals surface area contributed by atoms with Crippen LogP contribution in [0.3, 0.4) is 0 Å². The number of hydrogen-bond donors (Lipinski definition) is 1. The van der Waals surface area contributed by atoms with Crippen molar-refractivity contribution in [2.75, 3.05) is 13.1 Å². The molecule has 5 heteroatoms. The van der Waals surface area contributed by atoms with Gasteiger partial charge >= 0.3 is 0 Å². The minimum Gasteiger partial charge on any atom is -0.328 e. The van der Waals surface area contributed by atoms with E-state index in [0.29, 0.717) is 16.7 Å². The molecular weight excluding hydrogens is 268 g/mol. The minimum atomic E-state index is -0.0827. The van der Waals surface area contributed by atoms with Crippen molar-refractivity contribution in [2.24, 2.45) is 0 Å². The summed E-state index contributed by atoms with van der Waals surface area (Å²) in [5.74, 6) is 5.96. The van der Waals surface area contributed by atoms with Crippen molar-refractivity contribution >= 4 is 34.8 Å². The van der Waals surface area contributed by atoms with Gasteiger partial charge in [-0.05, 0) is 36.8 Å². The van der Waals surface area contributed by atoms with Gasteiger partial charge in [0.2, 0.25) is 5.91 Å². The summed E-state index contributed by atoms with van der Waals surface area (Å²) >= 11 is 10.9. The number of carbonyl (C=O) groups is 1. The molecule has 1 aliphatic rings. The van der Waals surface area contributed by atoms with Crippen LogP contribution >= 0.6 is 23.8 Å². The molecule has 3 nitrogen and oxygen atoms in total. The Morgan fingerprint density at radius 3 is 3.00 bits per heavy atom. The van der Waals surface area contributed by atoms with Gasteiger partial charge in [-0.2, -0.15) is 0 Å². The Labute approximate surface area is 116 Å². The second kappa shape index (κ2) is 5.38. The van der Waals surface area contributed by atoms with Gasteiger partial charge in [0, 0.05) is 10.6 Å². The summed E-state index contributed by atoms with van der Waals surface area (Å²) in [7, 11) is 0. The molecule has 92 valence electrons. The van der Waals surface area contributed by atoms with Crippen LogP contribution in [0.5, 0.6) is 0 Å². The molecule has 0 unspecified atom stereocenters. The van der Waals surface area contributed by atoms with Crippen LogP contribution in [0.1, 0.15) is 11.1 Å². The molecule has 1 saturated heterocycles. The number of halogens is 1. The van der Waals surface area contributed by atoms with E-state index in [2.05, 4.69) is 17.2 Å². The smallest absolute Gasteiger partial charge is 0.245 e. The Morgan fingerprint density at radius 2 is 2.33 bits per heavy atom. The van der Waals surface area contributed by atoms with E-state index in [9.17, 15) is 4.79 Å². The van der Waals surface area contributed by atoms with E-state index >= 15 is 0 Å². The van der Waals surface area contributed by atoms with Crippen molar-refractivity contribution in [3.63, 3.8) is 0 Å². The van der Waals surface area contributed by atoms with Gasteiger partial charge in [0.1, 0.15) is 6.54 Å². The number of nitrogens with zero attached hydrogens (tertiary/aromatic N) is 1. The Balaban J connectivity index is 2.07. The Kier molecular flexibility index (Phi) is 3.85. The molecule has 18 heavy (non-hydrogen) atoms. The van der Waals surface area contributed by atoms with Gasteiger partial charge in [-0.15, -0.1) is 0 Å². The fraction of sp³-hybridized carbons (Fsp3) is 0.231. The lowest BCUT2D eigenvalue weighted by atomic mass is 10.1. The number of rotatable bonds is 1. The molecule has 1 heterocycles. The molecule has 0 bridgehead atoms. The molecule has 2 rings (SSSR count). The highest BCUT2D eigenvalue weighted by Crippen LogP contribution is 2.14. The fourth-order valence-corrected chi connectivity index (χ4v) is 1.98. The summed E-state index contributed by atoms with van der Waals surface area (Å²) in [6, 6.07) is 5.59. The zero-order valence-electron chi connectivity index (χ0n) is 9.79. The molecule has 1 aromatic carbocycles. The van der Waals surface area contributed by atoms with Crippen molar-refractivity contribution < 1.29 is 4.79 Å². The number of aryl methyl sites for hydroxylation is 1. The van der Waals surface area contributed by atoms with E-state index in [0.717, 1.165) is 11.1 Å². The molecule has 1 aliphatic heterocycles. The molecule has 0 spiro atoms. The van der Waals surface area contributed by atoms with Gasteiger partial charge in [0.05, 0.1) is 6.54 Å². The van der Waals surface area contributed by atoms with Gasteiger partial charge in [-0.1, -0.05) is 29.5 Å². The second-order valence-electron chi connectivity index (χ2n) is 3.97. The number of carbonyl (C=O) groups excluding carboxylic acids is 1. The number of hydrogen-bond acceptors (Lipinski definition) is 2. The predicted molar refractivity (Wildman–Crippen MR) is 75.4 cm³/mol. The normalized spacial score (nSPS) is 14.2. The third-order valence-electron chi connectivity index (χ3n) is 2.56. The van der Waals surface area contributed by atoms with Crippen LogP contribution in [0.25, 0.3) is 0 Å². The second-order valence-corrected chi connectivity index (χ2v) is 4.79. The molecule has 1 amide bonds. The molecule has 1 N–H and O–H groups in total. The highest BCUT2D eigenvalue weighted by atomic mass is 35.5. The van der Waals surface area contributed by atoms with E-state index in [-0.39, 0.29) is 12.5 Å². The lowest BCUT2D eigenvalue weighted by Crippen LogP contribution is -2.28. The van der Waals surface area contributed by atoms with E-state index in [4.69, 9.17) is 23.8 Å². The van der Waals surface area contributed by atoms with Crippen LogP contribution in [0, 0.1) is 18.8 Å². The Morgan fingerprint density at radius 1 is 1.56 bits per heavy atom. The third kappa shape index (κ3) is 3.00. The summed E-state index contributed by atoms with van der Waals surface area (Å²) < 4.78 is 0. The first-order chi connectivity index (χ1) is 8.56. The zero-order valence-corrected chi connectivity index (χ0v) is 11.4. The van der Waals surface area contributed by atoms with Crippen molar-refractivity contribution in [1.82, 2.24) is 10.2 Å². The lowest BCUT2D eigenvalue weighted by molar-refractivity contribution is -0.118. The highest BCUT2D eigenvalue weighted by molar-refractivity contribution is 7.80. The van der Waals surface area contributed by atoms with Crippen LogP contribution in [-0.4, -0.2) is 29.0 Å². The van der Waals surface area contributed by atoms with Crippen LogP contribution < -0.4 is 5.32 Å². The van der Waals surface area contributed by atoms with Crippen LogP contribution in [0.15, 0.2) is 18.2 Å². The zero-order chi connectivity index (χ0) is 13.1. The largest absolute Gasteiger partial charge is 0.328 e. The lowest BCUT2D eigenvalue weighted by Gasteiger charge is -2.10. The van der Waals surface area contributed by atoms with Crippen LogP contribution in [-0.2, 0) is 4.79 Å². The van der Waals surface area contributed by atoms with Gasteiger partial charge in [-0.3, -0.25) is 4.79 Å². The van der Waals surface area contributed by atoms with E-state index in [1.54, 1.807) is 4.90 Å². The summed E-state index contributed by atoms with van der Waals surface area (Å²) in [5.41, 5.74) is 1.97. The van der Waals surface area contributed by atoms with E-state index < -0.39 is 0 Å². The SMILES string of the molecule is Cc1ccc(Cl)cc1C#CCN1CC(=O)NC1=S. The predicted octanol–water partition coefficient (Wildman–Crippen LogP) is 1.72. The summed E-state index contributed by atoms with van der Waals surface area (Å²) in [4.78, 5) is 12.8. The number of benzene rings is 1. The standard InChI is InChI=1S/C13H11ClN2OS/c1-9-4-5-11(14)7-10(9)3-2-6-16-8-12(17)15-13(16)18/h4-5,7H,6,8H2,1H3,(H,15,17,18). The summed E-state index contributed by atoms with van der Waals surface area (Å²) in [6.45, 7) is 2.69. The highest BCUT2D eigenvalue weighted by Gasteiger charge is 2.21. The topological polar surface area (TPSA) is 32.3 Å². The van der Waals surface area contributed by atoms with E-state index in [1.807, 2.05) is 25.1 Å². The number of nitrogens with one attached hydrogen (secondary N) is 1. The van der Waals surface area contributed by atoms with Crippen LogP contribution in [0.4, 0.5) is 0 Å². The first kappa shape index (κ1) is 12.9. The van der Waals surface area contributed by atoms with Crippen molar-refractivity contribution in [3.05, 3.63) is 34.3 Å². The van der Waals surface area contributed by atoms with Gasteiger partial charge < -0.3 is 10.2 Å². The van der Waals surface area contributed by atoms with Gasteiger partial charge in [-0.25, -0.2) is 0 Å². The molecule has 0 saturated carbocycles. The van der Waals surface area contributed by atoms with Gasteiger partial charge in [0.15, 0.2) is 5.11 Å². The monoisotopic (exact) mass is 278 g/mol. The van der Waals surface area contributed by atoms with Gasteiger partial charge in [0.25, 0.3) is 0 Å².